The van der Waals surface area contributed by atoms with Crippen molar-refractivity contribution in [1.29, 1.82) is 0 Å². The molecule has 0 fully saturated rings. The third-order valence-electron chi connectivity index (χ3n) is 5.40. The summed E-state index contributed by atoms with van der Waals surface area (Å²) in [7, 11) is -3.49. The van der Waals surface area contributed by atoms with Crippen molar-refractivity contribution >= 4 is 42.4 Å². The number of carbonyl (C=O) groups excluding carboxylic acids is 1. The maximum absolute atomic E-state index is 13.6. The van der Waals surface area contributed by atoms with Crippen LogP contribution < -0.4 is 4.90 Å². The van der Waals surface area contributed by atoms with Crippen LogP contribution in [-0.4, -0.2) is 40.7 Å². The number of hydrogen-bond acceptors (Lipinski definition) is 6. The predicted molar refractivity (Wildman–Crippen MR) is 132 cm³/mol. The number of benzene rings is 2. The fraction of sp³-hybridized carbons (Fsp3) is 0.292. The Morgan fingerprint density at radius 2 is 2.00 bits per heavy atom. The maximum Gasteiger partial charge on any atom is 0.260 e. The van der Waals surface area contributed by atoms with Gasteiger partial charge in [-0.2, -0.15) is 0 Å². The van der Waals surface area contributed by atoms with Crippen LogP contribution in [0.1, 0.15) is 36.2 Å². The summed E-state index contributed by atoms with van der Waals surface area (Å²) in [5.74, 6) is -0.266. The minimum absolute atomic E-state index is 0.154. The Morgan fingerprint density at radius 1 is 1.18 bits per heavy atom. The first-order valence-corrected chi connectivity index (χ1v) is 13.1. The number of amides is 1. The molecule has 0 aliphatic heterocycles. The van der Waals surface area contributed by atoms with Crippen LogP contribution in [0.3, 0.4) is 0 Å². The van der Waals surface area contributed by atoms with E-state index in [0.717, 1.165) is 15.8 Å². The second-order valence-corrected chi connectivity index (χ2v) is 11.7. The van der Waals surface area contributed by atoms with Crippen molar-refractivity contribution in [2.24, 2.45) is 0 Å². The van der Waals surface area contributed by atoms with Crippen molar-refractivity contribution in [2.45, 2.75) is 43.9 Å². The summed E-state index contributed by atoms with van der Waals surface area (Å²) >= 11 is 1.46. The van der Waals surface area contributed by atoms with Crippen molar-refractivity contribution in [3.8, 4) is 0 Å². The lowest BCUT2D eigenvalue weighted by Crippen LogP contribution is -2.32. The molecular formula is C24H26N4O3S2. The van der Waals surface area contributed by atoms with E-state index in [-0.39, 0.29) is 10.8 Å². The molecule has 0 unspecified atom stereocenters. The summed E-state index contributed by atoms with van der Waals surface area (Å²) in [4.78, 5) is 24.2. The van der Waals surface area contributed by atoms with Gasteiger partial charge in [-0.1, -0.05) is 23.5 Å². The molecule has 0 bridgehead atoms. The first-order chi connectivity index (χ1) is 15.8. The van der Waals surface area contributed by atoms with Gasteiger partial charge in [0.2, 0.25) is 0 Å². The summed E-state index contributed by atoms with van der Waals surface area (Å²) in [6.45, 7) is 6.44. The molecule has 0 aliphatic rings. The number of sulfone groups is 1. The Kier molecular flexibility index (Phi) is 6.62. The Balaban J connectivity index is 1.68. The van der Waals surface area contributed by atoms with Crippen molar-refractivity contribution in [2.75, 3.05) is 11.4 Å². The molecule has 33 heavy (non-hydrogen) atoms. The number of aryl methyl sites for hydroxylation is 2. The lowest BCUT2D eigenvalue weighted by molar-refractivity contribution is 0.0986. The molecule has 2 aromatic heterocycles. The normalized spacial score (nSPS) is 11.9. The molecule has 7 nitrogen and oxygen atoms in total. The van der Waals surface area contributed by atoms with Gasteiger partial charge in [0.25, 0.3) is 5.91 Å². The number of fused-ring (bicyclic) bond motifs is 1. The SMILES string of the molecule is Cc1ccc2nc(N(CCCn3ccnc3)C(=O)c3cccc(S(=O)(=O)C(C)C)c3)sc2c1. The van der Waals surface area contributed by atoms with E-state index in [0.29, 0.717) is 30.2 Å². The fourth-order valence-electron chi connectivity index (χ4n) is 3.48. The minimum atomic E-state index is -3.49. The number of carbonyl (C=O) groups is 1. The highest BCUT2D eigenvalue weighted by molar-refractivity contribution is 7.92. The molecule has 0 atom stereocenters. The van der Waals surface area contributed by atoms with Crippen LogP contribution in [0.5, 0.6) is 0 Å². The van der Waals surface area contributed by atoms with Crippen molar-refractivity contribution < 1.29 is 13.2 Å². The molecule has 4 aromatic rings. The summed E-state index contributed by atoms with van der Waals surface area (Å²) < 4.78 is 28.3. The van der Waals surface area contributed by atoms with Crippen LogP contribution in [0.2, 0.25) is 0 Å². The lowest BCUT2D eigenvalue weighted by Gasteiger charge is -2.20. The Bertz CT molecular complexity index is 1380. The summed E-state index contributed by atoms with van der Waals surface area (Å²) in [6, 6.07) is 12.3. The van der Waals surface area contributed by atoms with E-state index in [1.165, 1.54) is 23.5 Å². The molecule has 0 spiro atoms. The molecule has 1 amide bonds. The Morgan fingerprint density at radius 3 is 2.73 bits per heavy atom. The van der Waals surface area contributed by atoms with Gasteiger partial charge in [-0.25, -0.2) is 18.4 Å². The summed E-state index contributed by atoms with van der Waals surface area (Å²) in [6.07, 6.45) is 6.04. The molecule has 172 valence electrons. The highest BCUT2D eigenvalue weighted by Gasteiger charge is 2.24. The second kappa shape index (κ2) is 9.44. The number of rotatable bonds is 8. The first-order valence-electron chi connectivity index (χ1n) is 10.7. The van der Waals surface area contributed by atoms with E-state index in [1.807, 2.05) is 29.8 Å². The number of hydrogen-bond donors (Lipinski definition) is 0. The van der Waals surface area contributed by atoms with E-state index in [2.05, 4.69) is 11.1 Å². The molecule has 0 saturated heterocycles. The number of thiazole rings is 1. The summed E-state index contributed by atoms with van der Waals surface area (Å²) in [5.41, 5.74) is 2.29. The van der Waals surface area contributed by atoms with Crippen LogP contribution >= 0.6 is 11.3 Å². The minimum Gasteiger partial charge on any atom is -0.337 e. The molecule has 2 aromatic carbocycles. The molecule has 0 saturated carbocycles. The van der Waals surface area contributed by atoms with Gasteiger partial charge in [0.15, 0.2) is 15.0 Å². The topological polar surface area (TPSA) is 85.2 Å². The quantitative estimate of drug-likeness (QED) is 0.363. The van der Waals surface area contributed by atoms with E-state index in [9.17, 15) is 13.2 Å². The van der Waals surface area contributed by atoms with Crippen molar-refractivity contribution in [1.82, 2.24) is 14.5 Å². The van der Waals surface area contributed by atoms with Gasteiger partial charge >= 0.3 is 0 Å². The second-order valence-electron chi connectivity index (χ2n) is 8.20. The van der Waals surface area contributed by atoms with Crippen LogP contribution in [0.25, 0.3) is 10.2 Å². The van der Waals surface area contributed by atoms with Gasteiger partial charge in [0, 0.05) is 31.0 Å². The first kappa shape index (κ1) is 23.1. The third kappa shape index (κ3) is 4.99. The number of anilines is 1. The highest BCUT2D eigenvalue weighted by Crippen LogP contribution is 2.31. The van der Waals surface area contributed by atoms with Crippen LogP contribution in [0, 0.1) is 6.92 Å². The van der Waals surface area contributed by atoms with Gasteiger partial charge < -0.3 is 4.57 Å². The number of nitrogens with zero attached hydrogens (tertiary/aromatic N) is 4. The molecule has 9 heteroatoms. The molecule has 0 aliphatic carbocycles. The molecule has 2 heterocycles. The third-order valence-corrected chi connectivity index (χ3v) is 8.59. The number of imidazole rings is 1. The van der Waals surface area contributed by atoms with Crippen molar-refractivity contribution in [3.05, 3.63) is 72.3 Å². The van der Waals surface area contributed by atoms with E-state index < -0.39 is 15.1 Å². The largest absolute Gasteiger partial charge is 0.337 e. The van der Waals surface area contributed by atoms with Crippen LogP contribution in [0.4, 0.5) is 5.13 Å². The lowest BCUT2D eigenvalue weighted by atomic mass is 10.2. The Hall–Kier alpha value is -3.04. The molecule has 4 rings (SSSR count). The van der Waals surface area contributed by atoms with E-state index in [4.69, 9.17) is 4.98 Å². The Labute approximate surface area is 197 Å². The van der Waals surface area contributed by atoms with Gasteiger partial charge in [-0.3, -0.25) is 9.69 Å². The zero-order chi connectivity index (χ0) is 23.6. The average Bonchev–Trinajstić information content (AvgIpc) is 3.45. The average molecular weight is 483 g/mol. The zero-order valence-corrected chi connectivity index (χ0v) is 20.4. The van der Waals surface area contributed by atoms with Crippen LogP contribution in [-0.2, 0) is 16.4 Å². The van der Waals surface area contributed by atoms with E-state index in [1.54, 1.807) is 43.4 Å². The monoisotopic (exact) mass is 482 g/mol. The maximum atomic E-state index is 13.6. The van der Waals surface area contributed by atoms with Gasteiger partial charge in [-0.15, -0.1) is 0 Å². The van der Waals surface area contributed by atoms with Crippen LogP contribution in [0.15, 0.2) is 66.1 Å². The smallest absolute Gasteiger partial charge is 0.260 e. The molecule has 0 N–H and O–H groups in total. The molecular weight excluding hydrogens is 456 g/mol. The summed E-state index contributed by atoms with van der Waals surface area (Å²) in [5, 5.41) is 0.0324. The fourth-order valence-corrected chi connectivity index (χ4v) is 5.68. The van der Waals surface area contributed by atoms with E-state index >= 15 is 0 Å². The van der Waals surface area contributed by atoms with Gasteiger partial charge in [0.1, 0.15) is 0 Å². The zero-order valence-electron chi connectivity index (χ0n) is 18.8. The number of aromatic nitrogens is 3. The predicted octanol–water partition coefficient (Wildman–Crippen LogP) is 4.72. The highest BCUT2D eigenvalue weighted by atomic mass is 32.2. The standard InChI is InChI=1S/C24H26N4O3S2/c1-17(2)33(30,31)20-7-4-6-19(15-20)23(29)28(12-5-11-27-13-10-25-16-27)24-26-21-9-8-18(3)14-22(21)32-24/h4,6-10,13-17H,5,11-12H2,1-3H3. The van der Waals surface area contributed by atoms with Gasteiger partial charge in [-0.05, 0) is 63.1 Å². The van der Waals surface area contributed by atoms with Gasteiger partial charge in [0.05, 0.1) is 26.7 Å². The molecule has 0 radical (unpaired) electrons. The van der Waals surface area contributed by atoms with Crippen molar-refractivity contribution in [3.63, 3.8) is 0 Å².